The fourth-order valence-corrected chi connectivity index (χ4v) is 4.03. The van der Waals surface area contributed by atoms with E-state index < -0.39 is 0 Å². The summed E-state index contributed by atoms with van der Waals surface area (Å²) in [6.45, 7) is 0. The molecule has 3 N–H and O–H groups in total. The molecule has 0 fully saturated rings. The number of amidine groups is 1. The van der Waals surface area contributed by atoms with Crippen molar-refractivity contribution in [2.75, 3.05) is 5.32 Å². The maximum absolute atomic E-state index is 8.67. The van der Waals surface area contributed by atoms with Crippen molar-refractivity contribution in [3.8, 4) is 11.1 Å². The molecule has 5 heteroatoms. The molecule has 5 rings (SSSR count). The smallest absolute Gasteiger partial charge is 0.154 e. The second-order valence-electron chi connectivity index (χ2n) is 8.03. The van der Waals surface area contributed by atoms with Crippen LogP contribution in [0.5, 0.6) is 0 Å². The second-order valence-corrected chi connectivity index (χ2v) is 8.03. The minimum absolute atomic E-state index is 0.195. The van der Waals surface area contributed by atoms with Gasteiger partial charge in [-0.25, -0.2) is 4.99 Å². The lowest BCUT2D eigenvalue weighted by atomic mass is 9.99. The molecule has 2 heterocycles. The van der Waals surface area contributed by atoms with Gasteiger partial charge in [0.25, 0.3) is 0 Å². The maximum Gasteiger partial charge on any atom is 0.154 e. The van der Waals surface area contributed by atoms with Crippen molar-refractivity contribution in [2.24, 2.45) is 9.98 Å². The predicted molar refractivity (Wildman–Crippen MR) is 140 cm³/mol. The van der Waals surface area contributed by atoms with Crippen LogP contribution in [0.2, 0.25) is 0 Å². The summed E-state index contributed by atoms with van der Waals surface area (Å²) in [5.74, 6) is 0.195. The van der Waals surface area contributed by atoms with Gasteiger partial charge in [0.05, 0.1) is 0 Å². The number of hydrogen-bond donors (Lipinski definition) is 3. The van der Waals surface area contributed by atoms with E-state index >= 15 is 0 Å². The number of aliphatic imine (C=N–C) groups is 1. The van der Waals surface area contributed by atoms with Crippen LogP contribution in [0.15, 0.2) is 113 Å². The van der Waals surface area contributed by atoms with Gasteiger partial charge in [-0.1, -0.05) is 60.7 Å². The molecule has 3 aromatic carbocycles. The molecular formula is C29H25N5. The van der Waals surface area contributed by atoms with Crippen LogP contribution in [0, 0.1) is 5.41 Å². The van der Waals surface area contributed by atoms with Gasteiger partial charge >= 0.3 is 0 Å². The third kappa shape index (κ3) is 4.79. The number of H-pyrrole nitrogens is 1. The van der Waals surface area contributed by atoms with Crippen LogP contribution in [0.1, 0.15) is 24.0 Å². The Labute approximate surface area is 198 Å². The van der Waals surface area contributed by atoms with E-state index in [0.29, 0.717) is 5.49 Å². The number of nitrogens with zero attached hydrogens (tertiary/aromatic N) is 2. The fraction of sp³-hybridized carbons (Fsp3) is 0.0690. The number of pyridine rings is 1. The van der Waals surface area contributed by atoms with Gasteiger partial charge in [-0.3, -0.25) is 10.4 Å². The number of para-hydroxylation sites is 1. The third-order valence-electron chi connectivity index (χ3n) is 5.71. The van der Waals surface area contributed by atoms with Crippen molar-refractivity contribution < 1.29 is 0 Å². The van der Waals surface area contributed by atoms with Gasteiger partial charge < -0.3 is 10.3 Å². The van der Waals surface area contributed by atoms with Gasteiger partial charge in [-0.2, -0.15) is 0 Å². The van der Waals surface area contributed by atoms with Crippen LogP contribution in [-0.2, 0) is 0 Å². The van der Waals surface area contributed by atoms with E-state index in [0.717, 1.165) is 46.5 Å². The molecule has 0 radical (unpaired) electrons. The Bertz CT molecular complexity index is 1440. The summed E-state index contributed by atoms with van der Waals surface area (Å²) in [6, 6.07) is 30.1. The van der Waals surface area contributed by atoms with Crippen molar-refractivity contribution in [2.45, 2.75) is 12.8 Å². The molecular weight excluding hydrogens is 418 g/mol. The molecule has 1 aliphatic heterocycles. The first-order valence-electron chi connectivity index (χ1n) is 11.3. The minimum atomic E-state index is 0.195. The van der Waals surface area contributed by atoms with Gasteiger partial charge in [0.1, 0.15) is 5.49 Å². The van der Waals surface area contributed by atoms with E-state index in [1.54, 1.807) is 0 Å². The van der Waals surface area contributed by atoms with Gasteiger partial charge in [-0.05, 0) is 54.3 Å². The van der Waals surface area contributed by atoms with Crippen molar-refractivity contribution in [3.63, 3.8) is 0 Å². The molecule has 166 valence electrons. The van der Waals surface area contributed by atoms with Crippen LogP contribution in [0.4, 0.5) is 11.4 Å². The average molecular weight is 444 g/mol. The summed E-state index contributed by atoms with van der Waals surface area (Å²) in [5, 5.41) is 12.2. The summed E-state index contributed by atoms with van der Waals surface area (Å²) in [4.78, 5) is 12.1. The highest BCUT2D eigenvalue weighted by Gasteiger charge is 2.10. The van der Waals surface area contributed by atoms with Crippen molar-refractivity contribution >= 4 is 29.0 Å². The molecule has 0 unspecified atom stereocenters. The highest BCUT2D eigenvalue weighted by Crippen LogP contribution is 2.31. The quantitative estimate of drug-likeness (QED) is 0.237. The van der Waals surface area contributed by atoms with E-state index in [4.69, 9.17) is 5.41 Å². The van der Waals surface area contributed by atoms with E-state index in [1.807, 2.05) is 97.5 Å². The normalized spacial score (nSPS) is 13.4. The Hall–Kier alpha value is -4.51. The molecule has 4 aromatic rings. The van der Waals surface area contributed by atoms with Crippen LogP contribution in [0.3, 0.4) is 0 Å². The molecule has 34 heavy (non-hydrogen) atoms. The van der Waals surface area contributed by atoms with Crippen LogP contribution in [-0.4, -0.2) is 17.0 Å². The SMILES string of the molecule is N=C(/N=c1\[nH]cccc1-c1ccccc1)c1cccc(Nc2ccccc2C2=CN=CCC2)c1. The number of aromatic amines is 1. The largest absolute Gasteiger partial charge is 0.355 e. The Morgan fingerprint density at radius 3 is 2.56 bits per heavy atom. The molecule has 0 saturated carbocycles. The number of allylic oxidation sites excluding steroid dienone is 1. The highest BCUT2D eigenvalue weighted by atomic mass is 14.9. The number of nitrogens with one attached hydrogen (secondary N) is 3. The first kappa shape index (κ1) is 21.3. The topological polar surface area (TPSA) is 76.4 Å². The van der Waals surface area contributed by atoms with Crippen LogP contribution >= 0.6 is 0 Å². The molecule has 0 amide bonds. The standard InChI is InChI=1S/C29H25N5/c30-28(34-29-26(15-8-18-32-29)21-9-2-1-3-10-21)22-11-6-13-24(19-22)33-27-16-5-4-14-25(27)23-12-7-17-31-20-23/h1-6,8-11,13-20,33H,7,12H2,(H2,30,32,34). The van der Waals surface area contributed by atoms with Gasteiger partial charge in [0, 0.05) is 46.7 Å². The Morgan fingerprint density at radius 1 is 0.882 bits per heavy atom. The lowest BCUT2D eigenvalue weighted by molar-refractivity contribution is 1.10. The molecule has 1 aromatic heterocycles. The summed E-state index contributed by atoms with van der Waals surface area (Å²) in [7, 11) is 0. The Morgan fingerprint density at radius 2 is 1.71 bits per heavy atom. The number of benzene rings is 3. The van der Waals surface area contributed by atoms with Crippen LogP contribution in [0.25, 0.3) is 16.7 Å². The second kappa shape index (κ2) is 9.96. The number of rotatable bonds is 5. The molecule has 0 saturated heterocycles. The monoisotopic (exact) mass is 443 g/mol. The first-order valence-corrected chi connectivity index (χ1v) is 11.3. The molecule has 0 spiro atoms. The molecule has 0 bridgehead atoms. The Kier molecular flexibility index (Phi) is 6.25. The highest BCUT2D eigenvalue weighted by molar-refractivity contribution is 5.98. The molecule has 5 nitrogen and oxygen atoms in total. The average Bonchev–Trinajstić information content (AvgIpc) is 2.90. The minimum Gasteiger partial charge on any atom is -0.355 e. The summed E-state index contributed by atoms with van der Waals surface area (Å²) in [5.41, 5.74) is 7.71. The summed E-state index contributed by atoms with van der Waals surface area (Å²) in [6.07, 6.45) is 7.65. The van der Waals surface area contributed by atoms with E-state index in [1.165, 1.54) is 5.57 Å². The molecule has 0 atom stereocenters. The van der Waals surface area contributed by atoms with Gasteiger partial charge in [0.15, 0.2) is 5.84 Å². The lowest BCUT2D eigenvalue weighted by Crippen LogP contribution is -2.14. The van der Waals surface area contributed by atoms with E-state index in [-0.39, 0.29) is 5.84 Å². The zero-order valence-electron chi connectivity index (χ0n) is 18.7. The summed E-state index contributed by atoms with van der Waals surface area (Å²) < 4.78 is 0. The number of anilines is 2. The van der Waals surface area contributed by atoms with Crippen molar-refractivity contribution in [3.05, 3.63) is 120 Å². The first-order chi connectivity index (χ1) is 16.8. The lowest BCUT2D eigenvalue weighted by Gasteiger charge is -2.16. The maximum atomic E-state index is 8.67. The van der Waals surface area contributed by atoms with Crippen LogP contribution < -0.4 is 10.8 Å². The number of hydrogen-bond acceptors (Lipinski definition) is 3. The fourth-order valence-electron chi connectivity index (χ4n) is 4.03. The van der Waals surface area contributed by atoms with Gasteiger partial charge in [0.2, 0.25) is 0 Å². The van der Waals surface area contributed by atoms with Crippen molar-refractivity contribution in [1.29, 1.82) is 5.41 Å². The summed E-state index contributed by atoms with van der Waals surface area (Å²) >= 11 is 0. The number of aromatic nitrogens is 1. The van der Waals surface area contributed by atoms with E-state index in [9.17, 15) is 0 Å². The predicted octanol–water partition coefficient (Wildman–Crippen LogP) is 6.56. The molecule has 1 aliphatic rings. The zero-order valence-corrected chi connectivity index (χ0v) is 18.7. The molecule has 0 aliphatic carbocycles. The third-order valence-corrected chi connectivity index (χ3v) is 5.71. The van der Waals surface area contributed by atoms with Gasteiger partial charge in [-0.15, -0.1) is 0 Å². The van der Waals surface area contributed by atoms with Crippen molar-refractivity contribution in [1.82, 2.24) is 4.98 Å². The van der Waals surface area contributed by atoms with E-state index in [2.05, 4.69) is 32.4 Å². The Balaban J connectivity index is 1.44. The zero-order chi connectivity index (χ0) is 23.2.